The summed E-state index contributed by atoms with van der Waals surface area (Å²) in [6, 6.07) is 9.42. The number of nitrogens with zero attached hydrogens (tertiary/aromatic N) is 3. The first-order valence-electron chi connectivity index (χ1n) is 6.11. The second kappa shape index (κ2) is 6.38. The van der Waals surface area contributed by atoms with Crippen LogP contribution in [0.3, 0.4) is 0 Å². The van der Waals surface area contributed by atoms with E-state index in [2.05, 4.69) is 15.5 Å². The van der Waals surface area contributed by atoms with Crippen LogP contribution in [0.5, 0.6) is 0 Å². The number of nitrogens with one attached hydrogen (secondary N) is 1. The number of para-hydroxylation sites is 1. The maximum Gasteiger partial charge on any atom is 0.237 e. The summed E-state index contributed by atoms with van der Waals surface area (Å²) in [6.45, 7) is 4.67. The normalized spacial score (nSPS) is 12.1. The third kappa shape index (κ3) is 3.57. The van der Waals surface area contributed by atoms with Crippen molar-refractivity contribution in [2.45, 2.75) is 30.8 Å². The number of aromatic nitrogens is 3. The molecule has 1 aromatic carbocycles. The number of amides is 1. The van der Waals surface area contributed by atoms with Crippen molar-refractivity contribution < 1.29 is 4.79 Å². The molecule has 0 aliphatic rings. The molecule has 2 rings (SSSR count). The summed E-state index contributed by atoms with van der Waals surface area (Å²) >= 11 is 1.41. The quantitative estimate of drug-likeness (QED) is 0.852. The molecule has 0 fully saturated rings. The van der Waals surface area contributed by atoms with E-state index in [0.717, 1.165) is 17.4 Å². The maximum absolute atomic E-state index is 12.0. The Morgan fingerprint density at radius 3 is 2.84 bits per heavy atom. The van der Waals surface area contributed by atoms with Gasteiger partial charge in [-0.15, -0.1) is 10.2 Å². The van der Waals surface area contributed by atoms with Crippen LogP contribution in [0.4, 0.5) is 5.69 Å². The molecule has 5 nitrogen and oxygen atoms in total. The predicted octanol–water partition coefficient (Wildman–Crippen LogP) is 2.42. The molecule has 1 heterocycles. The van der Waals surface area contributed by atoms with Crippen LogP contribution in [0.15, 0.2) is 41.8 Å². The van der Waals surface area contributed by atoms with E-state index in [0.29, 0.717) is 0 Å². The van der Waals surface area contributed by atoms with Crippen LogP contribution in [-0.2, 0) is 11.3 Å². The van der Waals surface area contributed by atoms with Crippen LogP contribution < -0.4 is 5.32 Å². The molecule has 1 unspecified atom stereocenters. The summed E-state index contributed by atoms with van der Waals surface area (Å²) in [7, 11) is 0. The summed E-state index contributed by atoms with van der Waals surface area (Å²) < 4.78 is 1.91. The lowest BCUT2D eigenvalue weighted by Gasteiger charge is -2.11. The summed E-state index contributed by atoms with van der Waals surface area (Å²) in [5, 5.41) is 11.3. The van der Waals surface area contributed by atoms with Crippen molar-refractivity contribution in [2.75, 3.05) is 5.32 Å². The molecule has 6 heteroatoms. The summed E-state index contributed by atoms with van der Waals surface area (Å²) in [6.07, 6.45) is 1.67. The van der Waals surface area contributed by atoms with Crippen LogP contribution >= 0.6 is 11.8 Å². The molecule has 0 radical (unpaired) electrons. The summed E-state index contributed by atoms with van der Waals surface area (Å²) in [5.41, 5.74) is 0.803. The first-order chi connectivity index (χ1) is 9.20. The van der Waals surface area contributed by atoms with Gasteiger partial charge in [-0.25, -0.2) is 0 Å². The fourth-order valence-corrected chi connectivity index (χ4v) is 2.42. The fourth-order valence-electron chi connectivity index (χ4n) is 1.53. The average Bonchev–Trinajstić information content (AvgIpc) is 2.87. The second-order valence-corrected chi connectivity index (χ2v) is 5.32. The van der Waals surface area contributed by atoms with Crippen LogP contribution in [-0.4, -0.2) is 25.9 Å². The van der Waals surface area contributed by atoms with Crippen LogP contribution in [0.25, 0.3) is 0 Å². The molecule has 0 aliphatic carbocycles. The molecule has 100 valence electrons. The molecule has 19 heavy (non-hydrogen) atoms. The Labute approximate surface area is 116 Å². The van der Waals surface area contributed by atoms with Crippen molar-refractivity contribution in [3.05, 3.63) is 36.7 Å². The third-order valence-electron chi connectivity index (χ3n) is 2.61. The van der Waals surface area contributed by atoms with Gasteiger partial charge in [-0.2, -0.15) is 0 Å². The van der Waals surface area contributed by atoms with E-state index in [1.165, 1.54) is 11.8 Å². The first-order valence-corrected chi connectivity index (χ1v) is 6.99. The number of anilines is 1. The SMILES string of the molecule is CCn1cnnc1SC(C)C(=O)Nc1ccccc1. The average molecular weight is 276 g/mol. The molecule has 2 aromatic rings. The van der Waals surface area contributed by atoms with Crippen LogP contribution in [0, 0.1) is 0 Å². The minimum atomic E-state index is -0.227. The van der Waals surface area contributed by atoms with Gasteiger partial charge in [0.05, 0.1) is 5.25 Å². The van der Waals surface area contributed by atoms with E-state index in [1.54, 1.807) is 6.33 Å². The second-order valence-electron chi connectivity index (χ2n) is 4.01. The van der Waals surface area contributed by atoms with E-state index in [4.69, 9.17) is 0 Å². The highest BCUT2D eigenvalue weighted by Gasteiger charge is 2.17. The minimum absolute atomic E-state index is 0.0400. The zero-order valence-electron chi connectivity index (χ0n) is 10.9. The van der Waals surface area contributed by atoms with Gasteiger partial charge in [0.25, 0.3) is 0 Å². The Hall–Kier alpha value is -1.82. The first kappa shape index (κ1) is 13.6. The number of hydrogen-bond acceptors (Lipinski definition) is 4. The highest BCUT2D eigenvalue weighted by atomic mass is 32.2. The zero-order chi connectivity index (χ0) is 13.7. The highest BCUT2D eigenvalue weighted by molar-refractivity contribution is 8.00. The number of aryl methyl sites for hydroxylation is 1. The van der Waals surface area contributed by atoms with Crippen molar-refractivity contribution in [3.8, 4) is 0 Å². The number of carbonyl (C=O) groups excluding carboxylic acids is 1. The Bertz CT molecular complexity index is 541. The number of rotatable bonds is 5. The number of benzene rings is 1. The lowest BCUT2D eigenvalue weighted by molar-refractivity contribution is -0.115. The molecular weight excluding hydrogens is 260 g/mol. The van der Waals surface area contributed by atoms with E-state index in [9.17, 15) is 4.79 Å². The molecule has 0 bridgehead atoms. The molecule has 0 saturated carbocycles. The van der Waals surface area contributed by atoms with Gasteiger partial charge in [0.2, 0.25) is 5.91 Å². The van der Waals surface area contributed by atoms with Gasteiger partial charge in [-0.3, -0.25) is 4.79 Å². The Morgan fingerprint density at radius 2 is 2.16 bits per heavy atom. The van der Waals surface area contributed by atoms with E-state index in [1.807, 2.05) is 48.7 Å². The van der Waals surface area contributed by atoms with Crippen LogP contribution in [0.2, 0.25) is 0 Å². The fraction of sp³-hybridized carbons (Fsp3) is 0.308. The van der Waals surface area contributed by atoms with Crippen molar-refractivity contribution in [1.82, 2.24) is 14.8 Å². The summed E-state index contributed by atoms with van der Waals surface area (Å²) in [5.74, 6) is -0.0400. The Balaban J connectivity index is 1.96. The Kier molecular flexibility index (Phi) is 4.57. The maximum atomic E-state index is 12.0. The van der Waals surface area contributed by atoms with Crippen molar-refractivity contribution in [1.29, 1.82) is 0 Å². The number of carbonyl (C=O) groups is 1. The molecular formula is C13H16N4OS. The third-order valence-corrected chi connectivity index (χ3v) is 3.71. The number of hydrogen-bond donors (Lipinski definition) is 1. The molecule has 1 N–H and O–H groups in total. The predicted molar refractivity (Wildman–Crippen MR) is 76.1 cm³/mol. The molecule has 0 spiro atoms. The monoisotopic (exact) mass is 276 g/mol. The molecule has 1 atom stereocenters. The minimum Gasteiger partial charge on any atom is -0.325 e. The Morgan fingerprint density at radius 1 is 1.42 bits per heavy atom. The van der Waals surface area contributed by atoms with Gasteiger partial charge in [0.15, 0.2) is 5.16 Å². The van der Waals surface area contributed by atoms with Crippen molar-refractivity contribution in [2.24, 2.45) is 0 Å². The van der Waals surface area contributed by atoms with E-state index < -0.39 is 0 Å². The molecule has 0 saturated heterocycles. The van der Waals surface area contributed by atoms with E-state index in [-0.39, 0.29) is 11.2 Å². The topological polar surface area (TPSA) is 59.8 Å². The lowest BCUT2D eigenvalue weighted by Crippen LogP contribution is -2.22. The largest absolute Gasteiger partial charge is 0.325 e. The smallest absolute Gasteiger partial charge is 0.237 e. The van der Waals surface area contributed by atoms with Crippen LogP contribution in [0.1, 0.15) is 13.8 Å². The summed E-state index contributed by atoms with van der Waals surface area (Å²) in [4.78, 5) is 12.0. The van der Waals surface area contributed by atoms with Gasteiger partial charge in [0.1, 0.15) is 6.33 Å². The van der Waals surface area contributed by atoms with E-state index >= 15 is 0 Å². The zero-order valence-corrected chi connectivity index (χ0v) is 11.7. The van der Waals surface area contributed by atoms with Gasteiger partial charge in [-0.05, 0) is 26.0 Å². The van der Waals surface area contributed by atoms with Gasteiger partial charge >= 0.3 is 0 Å². The molecule has 0 aliphatic heterocycles. The van der Waals surface area contributed by atoms with Crippen molar-refractivity contribution in [3.63, 3.8) is 0 Å². The molecule has 1 amide bonds. The standard InChI is InChI=1S/C13H16N4OS/c1-3-17-9-14-16-13(17)19-10(2)12(18)15-11-7-5-4-6-8-11/h4-10H,3H2,1-2H3,(H,15,18). The highest BCUT2D eigenvalue weighted by Crippen LogP contribution is 2.21. The number of thioether (sulfide) groups is 1. The molecule has 1 aromatic heterocycles. The lowest BCUT2D eigenvalue weighted by atomic mass is 10.3. The van der Waals surface area contributed by atoms with Gasteiger partial charge < -0.3 is 9.88 Å². The van der Waals surface area contributed by atoms with Gasteiger partial charge in [-0.1, -0.05) is 30.0 Å². The van der Waals surface area contributed by atoms with Gasteiger partial charge in [0, 0.05) is 12.2 Å². The van der Waals surface area contributed by atoms with Crippen molar-refractivity contribution >= 4 is 23.4 Å².